The SMILES string of the molecule is Cc1ccc2c(c1)N(Cc1cnc[nH]1)[C@H](CCc1ccccc1)CN(S(=O)(=O)C(F)(F)F)C2. The van der Waals surface area contributed by atoms with Crippen molar-refractivity contribution in [1.82, 2.24) is 14.3 Å². The maximum atomic E-state index is 13.5. The third-order valence-electron chi connectivity index (χ3n) is 5.89. The smallest absolute Gasteiger partial charge is 0.361 e. The average molecular weight is 479 g/mol. The number of rotatable bonds is 6. The predicted molar refractivity (Wildman–Crippen MR) is 120 cm³/mol. The number of H-pyrrole nitrogens is 1. The minimum Gasteiger partial charge on any atom is -0.361 e. The van der Waals surface area contributed by atoms with Crippen molar-refractivity contribution < 1.29 is 21.6 Å². The molecule has 0 saturated heterocycles. The molecule has 0 aliphatic carbocycles. The van der Waals surface area contributed by atoms with E-state index in [2.05, 4.69) is 9.97 Å². The number of benzene rings is 2. The summed E-state index contributed by atoms with van der Waals surface area (Å²) in [6.07, 6.45) is 4.30. The molecule has 1 N–H and O–H groups in total. The molecule has 1 aliphatic rings. The summed E-state index contributed by atoms with van der Waals surface area (Å²) in [6.45, 7) is 1.67. The van der Waals surface area contributed by atoms with E-state index in [9.17, 15) is 21.6 Å². The molecule has 176 valence electrons. The van der Waals surface area contributed by atoms with E-state index in [1.54, 1.807) is 24.7 Å². The van der Waals surface area contributed by atoms with Crippen LogP contribution < -0.4 is 4.90 Å². The van der Waals surface area contributed by atoms with Gasteiger partial charge in [0.15, 0.2) is 0 Å². The van der Waals surface area contributed by atoms with E-state index in [1.165, 1.54) is 0 Å². The van der Waals surface area contributed by atoms with Crippen molar-refractivity contribution in [1.29, 1.82) is 0 Å². The molecule has 33 heavy (non-hydrogen) atoms. The Bertz CT molecular complexity index is 1180. The number of aryl methyl sites for hydroxylation is 2. The molecule has 2 aromatic carbocycles. The van der Waals surface area contributed by atoms with Crippen LogP contribution in [-0.2, 0) is 29.5 Å². The fraction of sp³-hybridized carbons (Fsp3) is 0.348. The topological polar surface area (TPSA) is 69.3 Å². The van der Waals surface area contributed by atoms with Gasteiger partial charge in [0.1, 0.15) is 0 Å². The third-order valence-corrected chi connectivity index (χ3v) is 7.43. The number of hydrogen-bond donors (Lipinski definition) is 1. The van der Waals surface area contributed by atoms with Gasteiger partial charge in [0, 0.05) is 31.0 Å². The molecule has 0 radical (unpaired) electrons. The minimum atomic E-state index is -5.49. The zero-order chi connectivity index (χ0) is 23.6. The minimum absolute atomic E-state index is 0.267. The number of alkyl halides is 3. The number of aromatic nitrogens is 2. The van der Waals surface area contributed by atoms with E-state index in [4.69, 9.17) is 0 Å². The second-order valence-electron chi connectivity index (χ2n) is 8.26. The maximum Gasteiger partial charge on any atom is 0.511 e. The fourth-order valence-electron chi connectivity index (χ4n) is 4.18. The Morgan fingerprint density at radius 1 is 1.15 bits per heavy atom. The normalized spacial score (nSPS) is 17.6. The lowest BCUT2D eigenvalue weighted by Gasteiger charge is -2.34. The number of nitrogens with one attached hydrogen (secondary N) is 1. The molecule has 0 spiro atoms. The summed E-state index contributed by atoms with van der Waals surface area (Å²) < 4.78 is 66.0. The number of hydrogen-bond acceptors (Lipinski definition) is 4. The number of nitrogens with zero attached hydrogens (tertiary/aromatic N) is 3. The van der Waals surface area contributed by atoms with Gasteiger partial charge < -0.3 is 9.88 Å². The summed E-state index contributed by atoms with van der Waals surface area (Å²) in [4.78, 5) is 9.10. The lowest BCUT2D eigenvalue weighted by molar-refractivity contribution is -0.0492. The van der Waals surface area contributed by atoms with Crippen LogP contribution in [0.1, 0.15) is 28.8 Å². The molecule has 4 rings (SSSR count). The van der Waals surface area contributed by atoms with Crippen LogP contribution in [0.3, 0.4) is 0 Å². The monoisotopic (exact) mass is 478 g/mol. The molecule has 0 bridgehead atoms. The van der Waals surface area contributed by atoms with E-state index in [1.807, 2.05) is 48.2 Å². The second-order valence-corrected chi connectivity index (χ2v) is 10.2. The summed E-state index contributed by atoms with van der Waals surface area (Å²) in [5.41, 5.74) is -1.31. The van der Waals surface area contributed by atoms with Crippen molar-refractivity contribution >= 4 is 15.7 Å². The van der Waals surface area contributed by atoms with Gasteiger partial charge in [-0.2, -0.15) is 17.5 Å². The number of sulfonamides is 1. The van der Waals surface area contributed by atoms with E-state index in [0.717, 1.165) is 22.5 Å². The zero-order valence-corrected chi connectivity index (χ0v) is 18.9. The summed E-state index contributed by atoms with van der Waals surface area (Å²) >= 11 is 0. The molecule has 1 aliphatic heterocycles. The number of fused-ring (bicyclic) bond motifs is 1. The molecular formula is C23H25F3N4O2S. The van der Waals surface area contributed by atoms with E-state index < -0.39 is 21.6 Å². The Morgan fingerprint density at radius 2 is 1.91 bits per heavy atom. The van der Waals surface area contributed by atoms with E-state index in [-0.39, 0.29) is 13.1 Å². The van der Waals surface area contributed by atoms with Gasteiger partial charge in [-0.15, -0.1) is 0 Å². The molecule has 1 aromatic heterocycles. The Kier molecular flexibility index (Phi) is 6.49. The number of halogens is 3. The molecule has 0 amide bonds. The Hall–Kier alpha value is -2.85. The van der Waals surface area contributed by atoms with Crippen molar-refractivity contribution in [2.75, 3.05) is 11.4 Å². The van der Waals surface area contributed by atoms with Gasteiger partial charge in [-0.25, -0.2) is 13.4 Å². The molecule has 10 heteroatoms. The van der Waals surface area contributed by atoms with Crippen LogP contribution in [0.2, 0.25) is 0 Å². The van der Waals surface area contributed by atoms with Crippen LogP contribution >= 0.6 is 0 Å². The Labute approximate surface area is 191 Å². The first-order chi connectivity index (χ1) is 15.6. The van der Waals surface area contributed by atoms with Crippen LogP contribution in [-0.4, -0.2) is 40.8 Å². The number of imidazole rings is 1. The number of anilines is 1. The van der Waals surface area contributed by atoms with Crippen LogP contribution in [0.5, 0.6) is 0 Å². The molecule has 3 aromatic rings. The van der Waals surface area contributed by atoms with Crippen LogP contribution in [0, 0.1) is 6.92 Å². The van der Waals surface area contributed by atoms with Crippen molar-refractivity contribution in [2.24, 2.45) is 0 Å². The summed E-state index contributed by atoms with van der Waals surface area (Å²) in [6, 6.07) is 14.6. The maximum absolute atomic E-state index is 13.5. The van der Waals surface area contributed by atoms with Crippen molar-refractivity contribution in [3.63, 3.8) is 0 Å². The highest BCUT2D eigenvalue weighted by atomic mass is 32.2. The van der Waals surface area contributed by atoms with Crippen LogP contribution in [0.15, 0.2) is 61.1 Å². The standard InChI is InChI=1S/C23H25F3N4O2S/c1-17-7-9-19-13-29(33(31,32)23(24,25)26)15-21(10-8-18-5-3-2-4-6-18)30(22(19)11-17)14-20-12-27-16-28-20/h2-7,9,11-12,16,21H,8,10,13-15H2,1H3,(H,27,28)/t21-/m1/s1. The van der Waals surface area contributed by atoms with Gasteiger partial charge in [0.25, 0.3) is 0 Å². The lowest BCUT2D eigenvalue weighted by Crippen LogP contribution is -2.47. The largest absolute Gasteiger partial charge is 0.511 e. The predicted octanol–water partition coefficient (Wildman–Crippen LogP) is 4.39. The second kappa shape index (κ2) is 9.18. The van der Waals surface area contributed by atoms with Crippen LogP contribution in [0.25, 0.3) is 0 Å². The molecular weight excluding hydrogens is 453 g/mol. The average Bonchev–Trinajstić information content (AvgIpc) is 3.23. The van der Waals surface area contributed by atoms with Gasteiger partial charge in [-0.1, -0.05) is 42.5 Å². The summed E-state index contributed by atoms with van der Waals surface area (Å²) in [7, 11) is -5.49. The summed E-state index contributed by atoms with van der Waals surface area (Å²) in [5.74, 6) is 0. The molecule has 2 heterocycles. The highest BCUT2D eigenvalue weighted by Gasteiger charge is 2.51. The first-order valence-electron chi connectivity index (χ1n) is 10.6. The van der Waals surface area contributed by atoms with Crippen molar-refractivity contribution in [3.05, 3.63) is 83.4 Å². The van der Waals surface area contributed by atoms with Gasteiger partial charge in [0.05, 0.1) is 18.6 Å². The Balaban J connectivity index is 1.76. The molecule has 6 nitrogen and oxygen atoms in total. The van der Waals surface area contributed by atoms with Gasteiger partial charge in [0.2, 0.25) is 0 Å². The Morgan fingerprint density at radius 3 is 2.58 bits per heavy atom. The third kappa shape index (κ3) is 5.06. The van der Waals surface area contributed by atoms with E-state index in [0.29, 0.717) is 29.3 Å². The quantitative estimate of drug-likeness (QED) is 0.571. The van der Waals surface area contributed by atoms with E-state index >= 15 is 0 Å². The molecule has 1 atom stereocenters. The molecule has 0 saturated carbocycles. The van der Waals surface area contributed by atoms with Crippen LogP contribution in [0.4, 0.5) is 18.9 Å². The zero-order valence-electron chi connectivity index (χ0n) is 18.1. The molecule has 0 fully saturated rings. The van der Waals surface area contributed by atoms with Gasteiger partial charge in [-0.05, 0) is 42.5 Å². The molecule has 0 unspecified atom stereocenters. The summed E-state index contributed by atoms with van der Waals surface area (Å²) in [5, 5.41) is 0. The highest BCUT2D eigenvalue weighted by molar-refractivity contribution is 7.89. The lowest BCUT2D eigenvalue weighted by atomic mass is 10.0. The van der Waals surface area contributed by atoms with Gasteiger partial charge >= 0.3 is 15.5 Å². The fourth-order valence-corrected chi connectivity index (χ4v) is 5.15. The first-order valence-corrected chi connectivity index (χ1v) is 12.0. The first kappa shape index (κ1) is 23.3. The highest BCUT2D eigenvalue weighted by Crippen LogP contribution is 2.36. The van der Waals surface area contributed by atoms with Gasteiger partial charge in [-0.3, -0.25) is 0 Å². The number of aromatic amines is 1. The van der Waals surface area contributed by atoms with Crippen molar-refractivity contribution in [3.8, 4) is 0 Å². The van der Waals surface area contributed by atoms with Crippen molar-refractivity contribution in [2.45, 2.75) is 44.4 Å².